The molecule has 2 amide bonds. The van der Waals surface area contributed by atoms with E-state index in [9.17, 15) is 39.1 Å². The van der Waals surface area contributed by atoms with Crippen LogP contribution in [0.5, 0.6) is 0 Å². The Morgan fingerprint density at radius 3 is 2.67 bits per heavy atom. The molecule has 0 radical (unpaired) electrons. The fraction of sp³-hybridized carbons (Fsp3) is 0.438. The summed E-state index contributed by atoms with van der Waals surface area (Å²) < 4.78 is 13.4. The van der Waals surface area contributed by atoms with Crippen LogP contribution >= 0.6 is 0 Å². The summed E-state index contributed by atoms with van der Waals surface area (Å²) in [6.45, 7) is 1.19. The highest BCUT2D eigenvalue weighted by Gasteiger charge is 2.38. The normalized spacial score (nSPS) is 20.2. The molecular formula is C16H18FN3O7. The van der Waals surface area contributed by atoms with E-state index in [2.05, 4.69) is 5.32 Å². The van der Waals surface area contributed by atoms with E-state index in [1.807, 2.05) is 0 Å². The number of nitro benzene ring substituents is 1. The molecule has 1 aromatic rings. The lowest BCUT2D eigenvalue weighted by atomic mass is 10.0. The predicted octanol–water partition coefficient (Wildman–Crippen LogP) is -0.172. The number of nitrogens with zero attached hydrogens (tertiary/aromatic N) is 2. The van der Waals surface area contributed by atoms with Gasteiger partial charge in [-0.05, 0) is 11.6 Å². The van der Waals surface area contributed by atoms with Crippen LogP contribution in [0, 0.1) is 15.9 Å². The number of carboxylic acids is 1. The molecule has 0 saturated carbocycles. The fourth-order valence-electron chi connectivity index (χ4n) is 2.94. The maximum atomic E-state index is 13.4. The van der Waals surface area contributed by atoms with E-state index in [1.54, 1.807) is 0 Å². The second-order valence-corrected chi connectivity index (χ2v) is 6.22. The molecular weight excluding hydrogens is 365 g/mol. The first-order chi connectivity index (χ1) is 12.6. The summed E-state index contributed by atoms with van der Waals surface area (Å²) in [7, 11) is 0. The van der Waals surface area contributed by atoms with Crippen LogP contribution < -0.4 is 5.32 Å². The average molecular weight is 383 g/mol. The van der Waals surface area contributed by atoms with Gasteiger partial charge in [0, 0.05) is 32.4 Å². The minimum atomic E-state index is -1.45. The second kappa shape index (κ2) is 8.08. The van der Waals surface area contributed by atoms with E-state index in [1.165, 1.54) is 13.0 Å². The summed E-state index contributed by atoms with van der Waals surface area (Å²) in [5.41, 5.74) is -0.657. The van der Waals surface area contributed by atoms with Crippen molar-refractivity contribution in [1.29, 1.82) is 0 Å². The molecule has 11 heteroatoms. The first-order valence-corrected chi connectivity index (χ1v) is 8.01. The molecule has 1 aliphatic rings. The van der Waals surface area contributed by atoms with Gasteiger partial charge in [-0.1, -0.05) is 6.07 Å². The van der Waals surface area contributed by atoms with Crippen molar-refractivity contribution >= 4 is 23.5 Å². The van der Waals surface area contributed by atoms with Crippen LogP contribution in [0.4, 0.5) is 10.1 Å². The quantitative estimate of drug-likeness (QED) is 0.456. The molecule has 1 aliphatic heterocycles. The predicted molar refractivity (Wildman–Crippen MR) is 88.1 cm³/mol. The number of halogens is 1. The van der Waals surface area contributed by atoms with Crippen molar-refractivity contribution in [2.75, 3.05) is 6.54 Å². The lowest BCUT2D eigenvalue weighted by molar-refractivity contribution is -0.387. The molecule has 0 aromatic heterocycles. The van der Waals surface area contributed by atoms with Crippen molar-refractivity contribution in [1.82, 2.24) is 10.2 Å². The largest absolute Gasteiger partial charge is 0.480 e. The van der Waals surface area contributed by atoms with Crippen LogP contribution in [-0.2, 0) is 20.8 Å². The monoisotopic (exact) mass is 383 g/mol. The lowest BCUT2D eigenvalue weighted by Crippen LogP contribution is -2.51. The van der Waals surface area contributed by atoms with Gasteiger partial charge in [-0.2, -0.15) is 4.39 Å². The molecule has 1 aromatic carbocycles. The average Bonchev–Trinajstić information content (AvgIpc) is 2.97. The Hall–Kier alpha value is -3.08. The van der Waals surface area contributed by atoms with Gasteiger partial charge < -0.3 is 20.4 Å². The van der Waals surface area contributed by atoms with Crippen LogP contribution in [0.2, 0.25) is 0 Å². The summed E-state index contributed by atoms with van der Waals surface area (Å²) >= 11 is 0. The molecule has 3 N–H and O–H groups in total. The van der Waals surface area contributed by atoms with Crippen molar-refractivity contribution in [3.05, 3.63) is 39.7 Å². The number of carbonyl (C=O) groups is 3. The van der Waals surface area contributed by atoms with Crippen LogP contribution in [-0.4, -0.2) is 62.6 Å². The zero-order valence-electron chi connectivity index (χ0n) is 14.3. The number of rotatable bonds is 6. The highest BCUT2D eigenvalue weighted by molar-refractivity contribution is 5.90. The molecule has 146 valence electrons. The maximum Gasteiger partial charge on any atom is 0.326 e. The maximum absolute atomic E-state index is 13.4. The minimum absolute atomic E-state index is 0.0280. The number of β-amino-alcohol motifs (C(OH)–C–C–N with tert-alkyl or cyclic N) is 1. The number of nitrogens with one attached hydrogen (secondary N) is 1. The van der Waals surface area contributed by atoms with Gasteiger partial charge in [-0.15, -0.1) is 0 Å². The molecule has 2 rings (SSSR count). The second-order valence-electron chi connectivity index (χ2n) is 6.22. The third-order valence-corrected chi connectivity index (χ3v) is 4.25. The molecule has 1 fully saturated rings. The molecule has 1 saturated heterocycles. The van der Waals surface area contributed by atoms with Gasteiger partial charge in [-0.25, -0.2) is 4.79 Å². The van der Waals surface area contributed by atoms with Crippen LogP contribution in [0.1, 0.15) is 18.9 Å². The number of hydrogen-bond donors (Lipinski definition) is 3. The molecule has 3 atom stereocenters. The zero-order valence-corrected chi connectivity index (χ0v) is 14.3. The Morgan fingerprint density at radius 2 is 2.11 bits per heavy atom. The number of benzene rings is 1. The Kier molecular flexibility index (Phi) is 6.05. The van der Waals surface area contributed by atoms with Crippen molar-refractivity contribution in [3.63, 3.8) is 0 Å². The van der Waals surface area contributed by atoms with E-state index in [0.717, 1.165) is 17.0 Å². The molecule has 10 nitrogen and oxygen atoms in total. The summed E-state index contributed by atoms with van der Waals surface area (Å²) in [6.07, 6.45) is -1.25. The van der Waals surface area contributed by atoms with Crippen molar-refractivity contribution in [2.24, 2.45) is 0 Å². The smallest absolute Gasteiger partial charge is 0.326 e. The SMILES string of the molecule is CC(=O)N1C[C@H](O)C[C@H]1C(=O)N[C@H](Cc1ccc(F)c([N+](=O)[O-])c1)C(=O)O. The van der Waals surface area contributed by atoms with Crippen molar-refractivity contribution in [2.45, 2.75) is 38.0 Å². The van der Waals surface area contributed by atoms with Gasteiger partial charge in [0.05, 0.1) is 11.0 Å². The molecule has 0 spiro atoms. The number of aliphatic hydroxyl groups excluding tert-OH is 1. The first-order valence-electron chi connectivity index (χ1n) is 8.01. The Balaban J connectivity index is 2.15. The first kappa shape index (κ1) is 20.2. The lowest BCUT2D eigenvalue weighted by Gasteiger charge is -2.24. The number of amides is 2. The van der Waals surface area contributed by atoms with Crippen molar-refractivity contribution < 1.29 is 33.9 Å². The van der Waals surface area contributed by atoms with E-state index in [0.29, 0.717) is 0 Å². The fourth-order valence-corrected chi connectivity index (χ4v) is 2.94. The molecule has 0 bridgehead atoms. The summed E-state index contributed by atoms with van der Waals surface area (Å²) in [5.74, 6) is -3.65. The number of likely N-dealkylation sites (tertiary alicyclic amines) is 1. The van der Waals surface area contributed by atoms with Gasteiger partial charge >= 0.3 is 11.7 Å². The standard InChI is InChI=1S/C16H18FN3O7/c1-8(21)19-7-10(22)6-14(19)15(23)18-12(16(24)25)4-9-2-3-11(17)13(5-9)20(26)27/h2-3,5,10,12,14,22H,4,6-7H2,1H3,(H,18,23)(H,24,25)/t10-,12-,14+/m1/s1. The number of hydrogen-bond acceptors (Lipinski definition) is 6. The van der Waals surface area contributed by atoms with E-state index < -0.39 is 52.4 Å². The molecule has 1 heterocycles. The molecule has 27 heavy (non-hydrogen) atoms. The van der Waals surface area contributed by atoms with Crippen LogP contribution in [0.15, 0.2) is 18.2 Å². The number of aliphatic hydroxyl groups is 1. The van der Waals surface area contributed by atoms with E-state index >= 15 is 0 Å². The summed E-state index contributed by atoms with van der Waals surface area (Å²) in [5, 5.41) is 32.1. The van der Waals surface area contributed by atoms with Gasteiger partial charge in [-0.3, -0.25) is 19.7 Å². The van der Waals surface area contributed by atoms with Gasteiger partial charge in [0.25, 0.3) is 0 Å². The summed E-state index contributed by atoms with van der Waals surface area (Å²) in [6, 6.07) is 0.472. The number of carboxylic acid groups (broad SMARTS) is 1. The van der Waals surface area contributed by atoms with Crippen LogP contribution in [0.25, 0.3) is 0 Å². The van der Waals surface area contributed by atoms with Gasteiger partial charge in [0.1, 0.15) is 12.1 Å². The highest BCUT2D eigenvalue weighted by atomic mass is 19.1. The third kappa shape index (κ3) is 4.76. The number of nitro groups is 1. The Labute approximate surface area is 152 Å². The van der Waals surface area contributed by atoms with E-state index in [4.69, 9.17) is 0 Å². The Bertz CT molecular complexity index is 785. The van der Waals surface area contributed by atoms with E-state index in [-0.39, 0.29) is 24.9 Å². The molecule has 0 unspecified atom stereocenters. The summed E-state index contributed by atoms with van der Waals surface area (Å²) in [4.78, 5) is 46.4. The highest BCUT2D eigenvalue weighted by Crippen LogP contribution is 2.21. The Morgan fingerprint density at radius 1 is 1.44 bits per heavy atom. The minimum Gasteiger partial charge on any atom is -0.480 e. The van der Waals surface area contributed by atoms with Crippen LogP contribution in [0.3, 0.4) is 0 Å². The van der Waals surface area contributed by atoms with Crippen molar-refractivity contribution in [3.8, 4) is 0 Å². The third-order valence-electron chi connectivity index (χ3n) is 4.25. The number of carbonyl (C=O) groups excluding carboxylic acids is 2. The zero-order chi connectivity index (χ0) is 20.3. The van der Waals surface area contributed by atoms with Gasteiger partial charge in [0.15, 0.2) is 0 Å². The topological polar surface area (TPSA) is 150 Å². The van der Waals surface area contributed by atoms with Gasteiger partial charge in [0.2, 0.25) is 17.6 Å². The number of aliphatic carboxylic acids is 1. The molecule has 0 aliphatic carbocycles.